The molecule has 0 saturated heterocycles. The van der Waals surface area contributed by atoms with Gasteiger partial charge in [0, 0.05) is 30.2 Å². The number of carbonyl (C=O) groups is 2. The highest BCUT2D eigenvalue weighted by atomic mass is 32.2. The summed E-state index contributed by atoms with van der Waals surface area (Å²) in [6.07, 6.45) is 3.39. The third-order valence-electron chi connectivity index (χ3n) is 4.01. The Bertz CT molecular complexity index is 1050. The van der Waals surface area contributed by atoms with Crippen LogP contribution in [0.25, 0.3) is 11.4 Å². The van der Waals surface area contributed by atoms with Crippen molar-refractivity contribution in [1.82, 2.24) is 19.7 Å². The number of carbonyl (C=O) groups excluding carboxylic acids is 2. The number of hydrogen-bond donors (Lipinski definition) is 1. The molecule has 0 unspecified atom stereocenters. The highest BCUT2D eigenvalue weighted by molar-refractivity contribution is 7.99. The third kappa shape index (κ3) is 5.32. The van der Waals surface area contributed by atoms with Gasteiger partial charge in [-0.3, -0.25) is 14.3 Å². The second kappa shape index (κ2) is 9.84. The summed E-state index contributed by atoms with van der Waals surface area (Å²) in [5, 5.41) is 12.0. The highest BCUT2D eigenvalue weighted by Crippen LogP contribution is 2.24. The molecule has 0 atom stereocenters. The number of esters is 1. The third-order valence-corrected chi connectivity index (χ3v) is 4.97. The molecular formula is C21H21N5O3S. The number of thioether (sulfide) groups is 1. The molecule has 0 radical (unpaired) electrons. The fraction of sp³-hybridized carbons (Fsp3) is 0.190. The van der Waals surface area contributed by atoms with E-state index in [0.717, 1.165) is 11.1 Å². The van der Waals surface area contributed by atoms with Crippen molar-refractivity contribution in [3.63, 3.8) is 0 Å². The van der Waals surface area contributed by atoms with Crippen molar-refractivity contribution in [1.29, 1.82) is 0 Å². The number of allylic oxidation sites excluding steroid dienone is 1. The van der Waals surface area contributed by atoms with Crippen molar-refractivity contribution in [2.75, 3.05) is 18.2 Å². The minimum absolute atomic E-state index is 0.156. The van der Waals surface area contributed by atoms with Gasteiger partial charge in [-0.2, -0.15) is 0 Å². The minimum atomic E-state index is -0.426. The molecular weight excluding hydrogens is 402 g/mol. The molecule has 2 heterocycles. The maximum absolute atomic E-state index is 12.4. The van der Waals surface area contributed by atoms with Crippen LogP contribution in [-0.4, -0.2) is 44.5 Å². The van der Waals surface area contributed by atoms with Crippen LogP contribution >= 0.6 is 11.8 Å². The normalized spacial score (nSPS) is 10.5. The first-order valence-electron chi connectivity index (χ1n) is 9.07. The van der Waals surface area contributed by atoms with E-state index in [1.807, 2.05) is 23.6 Å². The van der Waals surface area contributed by atoms with E-state index < -0.39 is 5.97 Å². The molecule has 1 amide bonds. The first-order chi connectivity index (χ1) is 14.5. The van der Waals surface area contributed by atoms with Crippen LogP contribution in [0.4, 0.5) is 5.69 Å². The van der Waals surface area contributed by atoms with E-state index in [0.29, 0.717) is 28.8 Å². The summed E-state index contributed by atoms with van der Waals surface area (Å²) in [5.74, 6) is 0.233. The Morgan fingerprint density at radius 3 is 2.47 bits per heavy atom. The van der Waals surface area contributed by atoms with Crippen LogP contribution in [-0.2, 0) is 16.1 Å². The van der Waals surface area contributed by atoms with Crippen LogP contribution in [0.2, 0.25) is 0 Å². The number of nitrogens with zero attached hydrogens (tertiary/aromatic N) is 4. The largest absolute Gasteiger partial charge is 0.465 e. The molecule has 154 valence electrons. The van der Waals surface area contributed by atoms with Crippen molar-refractivity contribution in [2.45, 2.75) is 18.6 Å². The van der Waals surface area contributed by atoms with Gasteiger partial charge in [0.2, 0.25) is 5.91 Å². The maximum Gasteiger partial charge on any atom is 0.337 e. The summed E-state index contributed by atoms with van der Waals surface area (Å²) in [4.78, 5) is 27.9. The number of methoxy groups -OCH3 is 1. The summed E-state index contributed by atoms with van der Waals surface area (Å²) in [6, 6.07) is 10.2. The van der Waals surface area contributed by atoms with Gasteiger partial charge in [0.1, 0.15) is 0 Å². The molecule has 0 saturated carbocycles. The standard InChI is InChI=1S/C21H21N5O3S/c1-14(2)12-26-19(15-8-10-22-11-9-15)24-25-21(26)30-13-18(27)23-17-6-4-16(5-7-17)20(28)29-3/h4-11H,1,12-13H2,2-3H3,(H,23,27). The molecule has 30 heavy (non-hydrogen) atoms. The van der Waals surface area contributed by atoms with Crippen molar-refractivity contribution < 1.29 is 14.3 Å². The van der Waals surface area contributed by atoms with Crippen LogP contribution in [0.5, 0.6) is 0 Å². The lowest BCUT2D eigenvalue weighted by molar-refractivity contribution is -0.113. The molecule has 9 heteroatoms. The Hall–Kier alpha value is -3.46. The predicted octanol–water partition coefficient (Wildman–Crippen LogP) is 3.43. The Balaban J connectivity index is 1.67. The smallest absolute Gasteiger partial charge is 0.337 e. The Labute approximate surface area is 178 Å². The number of benzene rings is 1. The topological polar surface area (TPSA) is 99.0 Å². The second-order valence-corrected chi connectivity index (χ2v) is 7.43. The zero-order valence-electron chi connectivity index (χ0n) is 16.7. The molecule has 3 aromatic rings. The van der Waals surface area contributed by atoms with Crippen molar-refractivity contribution in [3.05, 3.63) is 66.5 Å². The minimum Gasteiger partial charge on any atom is -0.465 e. The summed E-state index contributed by atoms with van der Waals surface area (Å²) in [7, 11) is 1.32. The monoisotopic (exact) mass is 423 g/mol. The van der Waals surface area contributed by atoms with Crippen molar-refractivity contribution in [3.8, 4) is 11.4 Å². The lowest BCUT2D eigenvalue weighted by Gasteiger charge is -2.10. The van der Waals surface area contributed by atoms with Gasteiger partial charge in [-0.1, -0.05) is 23.9 Å². The zero-order chi connectivity index (χ0) is 21.5. The van der Waals surface area contributed by atoms with Crippen molar-refractivity contribution in [2.24, 2.45) is 0 Å². The van der Waals surface area contributed by atoms with Gasteiger partial charge in [-0.15, -0.1) is 10.2 Å². The van der Waals surface area contributed by atoms with E-state index >= 15 is 0 Å². The molecule has 0 fully saturated rings. The fourth-order valence-electron chi connectivity index (χ4n) is 2.66. The Morgan fingerprint density at radius 2 is 1.83 bits per heavy atom. The van der Waals surface area contributed by atoms with Gasteiger partial charge in [-0.05, 0) is 43.3 Å². The predicted molar refractivity (Wildman–Crippen MR) is 115 cm³/mol. The Morgan fingerprint density at radius 1 is 1.13 bits per heavy atom. The van der Waals surface area contributed by atoms with Gasteiger partial charge >= 0.3 is 5.97 Å². The van der Waals surface area contributed by atoms with Crippen LogP contribution < -0.4 is 5.32 Å². The average Bonchev–Trinajstić information content (AvgIpc) is 3.14. The van der Waals surface area contributed by atoms with Crippen LogP contribution in [0.15, 0.2) is 66.1 Å². The van der Waals surface area contributed by atoms with E-state index in [1.54, 1.807) is 36.7 Å². The number of amides is 1. The van der Waals surface area contributed by atoms with Crippen LogP contribution in [0, 0.1) is 0 Å². The maximum atomic E-state index is 12.4. The number of ether oxygens (including phenoxy) is 1. The number of nitrogens with one attached hydrogen (secondary N) is 1. The number of rotatable bonds is 8. The number of pyridine rings is 1. The zero-order valence-corrected chi connectivity index (χ0v) is 17.5. The molecule has 0 aliphatic heterocycles. The first-order valence-corrected chi connectivity index (χ1v) is 10.1. The number of hydrogen-bond acceptors (Lipinski definition) is 7. The van der Waals surface area contributed by atoms with E-state index in [-0.39, 0.29) is 11.7 Å². The van der Waals surface area contributed by atoms with Crippen molar-refractivity contribution >= 4 is 29.3 Å². The number of anilines is 1. The lowest BCUT2D eigenvalue weighted by atomic mass is 10.2. The van der Waals surface area contributed by atoms with E-state index in [4.69, 9.17) is 0 Å². The summed E-state index contributed by atoms with van der Waals surface area (Å²) in [6.45, 7) is 6.44. The molecule has 1 aromatic carbocycles. The molecule has 2 aromatic heterocycles. The highest BCUT2D eigenvalue weighted by Gasteiger charge is 2.16. The molecule has 0 spiro atoms. The first kappa shape index (κ1) is 21.3. The number of aromatic nitrogens is 4. The van der Waals surface area contributed by atoms with Crippen LogP contribution in [0.3, 0.4) is 0 Å². The molecule has 0 aliphatic rings. The van der Waals surface area contributed by atoms with Gasteiger partial charge in [0.25, 0.3) is 0 Å². The fourth-order valence-corrected chi connectivity index (χ4v) is 3.39. The lowest BCUT2D eigenvalue weighted by Crippen LogP contribution is -2.15. The van der Waals surface area contributed by atoms with E-state index in [9.17, 15) is 9.59 Å². The quantitative estimate of drug-likeness (QED) is 0.337. The molecule has 3 rings (SSSR count). The SMILES string of the molecule is C=C(C)Cn1c(SCC(=O)Nc2ccc(C(=O)OC)cc2)nnc1-c1ccncc1. The van der Waals surface area contributed by atoms with Gasteiger partial charge in [0.05, 0.1) is 18.4 Å². The van der Waals surface area contributed by atoms with Gasteiger partial charge in [0.15, 0.2) is 11.0 Å². The summed E-state index contributed by atoms with van der Waals surface area (Å²) < 4.78 is 6.59. The molecule has 0 aliphatic carbocycles. The summed E-state index contributed by atoms with van der Waals surface area (Å²) >= 11 is 1.29. The molecule has 8 nitrogen and oxygen atoms in total. The second-order valence-electron chi connectivity index (χ2n) is 6.49. The average molecular weight is 423 g/mol. The van der Waals surface area contributed by atoms with E-state index in [2.05, 4.69) is 31.8 Å². The van der Waals surface area contributed by atoms with Crippen LogP contribution in [0.1, 0.15) is 17.3 Å². The van der Waals surface area contributed by atoms with E-state index in [1.165, 1.54) is 18.9 Å². The molecule has 1 N–H and O–H groups in total. The van der Waals surface area contributed by atoms with Gasteiger partial charge < -0.3 is 10.1 Å². The molecule has 0 bridgehead atoms. The Kier molecular flexibility index (Phi) is 6.97. The van der Waals surface area contributed by atoms with Gasteiger partial charge in [-0.25, -0.2) is 4.79 Å². The summed E-state index contributed by atoms with van der Waals surface area (Å²) in [5.41, 5.74) is 2.85.